The summed E-state index contributed by atoms with van der Waals surface area (Å²) in [7, 11) is 0. The predicted octanol–water partition coefficient (Wildman–Crippen LogP) is 0.0590. The number of ether oxygens (including phenoxy) is 1. The van der Waals surface area contributed by atoms with Gasteiger partial charge in [0.1, 0.15) is 5.75 Å². The summed E-state index contributed by atoms with van der Waals surface area (Å²) in [5.74, 6) is 0.756. The lowest BCUT2D eigenvalue weighted by Gasteiger charge is -2.15. The number of aliphatic hydroxyl groups excluding tert-OH is 2. The van der Waals surface area contributed by atoms with Crippen molar-refractivity contribution in [2.45, 2.75) is 24.9 Å². The molecule has 19 heavy (non-hydrogen) atoms. The first-order chi connectivity index (χ1) is 8.67. The van der Waals surface area contributed by atoms with Crippen LogP contribution in [0.15, 0.2) is 24.3 Å². The van der Waals surface area contributed by atoms with Crippen LogP contribution < -0.4 is 16.2 Å². The van der Waals surface area contributed by atoms with Crippen LogP contribution in [0.3, 0.4) is 0 Å². The van der Waals surface area contributed by atoms with Crippen LogP contribution in [0.25, 0.3) is 0 Å². The van der Waals surface area contributed by atoms with E-state index in [4.69, 9.17) is 26.4 Å². The average Bonchev–Trinajstić information content (AvgIpc) is 2.40. The highest BCUT2D eigenvalue weighted by Crippen LogP contribution is 2.19. The smallest absolute Gasteiger partial charge is 0.122 e. The fourth-order valence-corrected chi connectivity index (χ4v) is 1.57. The molecule has 0 aromatic heterocycles. The van der Waals surface area contributed by atoms with Crippen molar-refractivity contribution in [3.05, 3.63) is 29.8 Å². The van der Waals surface area contributed by atoms with E-state index >= 15 is 0 Å². The summed E-state index contributed by atoms with van der Waals surface area (Å²) < 4.78 is 5.63. The Morgan fingerprint density at radius 1 is 1.05 bits per heavy atom. The second-order valence-corrected chi connectivity index (χ2v) is 4.33. The fourth-order valence-electron chi connectivity index (χ4n) is 1.57. The minimum Gasteiger partial charge on any atom is -0.493 e. The van der Waals surface area contributed by atoms with Crippen LogP contribution in [0.4, 0.5) is 0 Å². The normalized spacial score (nSPS) is 13.5. The van der Waals surface area contributed by atoms with Crippen molar-refractivity contribution in [3.63, 3.8) is 0 Å². The molecule has 6 heteroatoms. The van der Waals surface area contributed by atoms with Gasteiger partial charge in [-0.2, -0.15) is 0 Å². The Hall–Kier alpha value is -0.850. The van der Waals surface area contributed by atoms with E-state index in [1.165, 1.54) is 0 Å². The number of nitrogens with two attached hydrogens (primary N) is 2. The van der Waals surface area contributed by atoms with Gasteiger partial charge in [0, 0.05) is 12.1 Å². The van der Waals surface area contributed by atoms with Crippen LogP contribution in [-0.2, 0) is 6.42 Å². The van der Waals surface area contributed by atoms with Gasteiger partial charge in [-0.1, -0.05) is 18.2 Å². The molecular formula is C13H23ClN2O3. The number of para-hydroxylation sites is 1. The summed E-state index contributed by atoms with van der Waals surface area (Å²) >= 11 is 0. The summed E-state index contributed by atoms with van der Waals surface area (Å²) in [4.78, 5) is 0. The molecule has 0 bridgehead atoms. The Morgan fingerprint density at radius 3 is 2.32 bits per heavy atom. The minimum atomic E-state index is -0.283. The van der Waals surface area contributed by atoms with Crippen molar-refractivity contribution in [1.82, 2.24) is 0 Å². The standard InChI is InChI=1S/C13H22N2O3.ClH/c14-11(8-16)5-6-18-13-4-2-1-3-10(13)7-12(15)9-17;/h1-4,11-12,16-17H,5-9,14-15H2;1H. The molecule has 0 saturated heterocycles. The first-order valence-corrected chi connectivity index (χ1v) is 6.11. The molecule has 1 aromatic carbocycles. The van der Waals surface area contributed by atoms with Gasteiger partial charge in [-0.3, -0.25) is 0 Å². The highest BCUT2D eigenvalue weighted by atomic mass is 35.5. The molecule has 5 nitrogen and oxygen atoms in total. The number of benzene rings is 1. The maximum Gasteiger partial charge on any atom is 0.122 e. The minimum absolute atomic E-state index is 0. The first kappa shape index (κ1) is 18.1. The highest BCUT2D eigenvalue weighted by Gasteiger charge is 2.08. The molecule has 0 amide bonds. The van der Waals surface area contributed by atoms with Crippen LogP contribution in [0, 0.1) is 0 Å². The zero-order chi connectivity index (χ0) is 13.4. The third-order valence-electron chi connectivity index (χ3n) is 2.67. The van der Waals surface area contributed by atoms with Gasteiger partial charge in [0.05, 0.1) is 19.8 Å². The molecule has 0 aliphatic carbocycles. The molecule has 0 aliphatic heterocycles. The molecule has 110 valence electrons. The van der Waals surface area contributed by atoms with Crippen LogP contribution in [0.2, 0.25) is 0 Å². The summed E-state index contributed by atoms with van der Waals surface area (Å²) in [5, 5.41) is 17.8. The van der Waals surface area contributed by atoms with Crippen molar-refractivity contribution in [2.24, 2.45) is 11.5 Å². The number of hydrogen-bond donors (Lipinski definition) is 4. The number of aliphatic hydroxyl groups is 2. The number of hydrogen-bond acceptors (Lipinski definition) is 5. The van der Waals surface area contributed by atoms with E-state index in [2.05, 4.69) is 0 Å². The second kappa shape index (κ2) is 10.00. The van der Waals surface area contributed by atoms with Crippen LogP contribution >= 0.6 is 12.4 Å². The molecular weight excluding hydrogens is 268 g/mol. The maximum atomic E-state index is 8.96. The Balaban J connectivity index is 0.00000324. The van der Waals surface area contributed by atoms with E-state index in [1.807, 2.05) is 24.3 Å². The molecule has 0 fully saturated rings. The number of rotatable bonds is 8. The summed E-state index contributed by atoms with van der Waals surface area (Å²) in [6.07, 6.45) is 1.16. The average molecular weight is 291 g/mol. The summed E-state index contributed by atoms with van der Waals surface area (Å²) in [6.45, 7) is 0.358. The lowest BCUT2D eigenvalue weighted by molar-refractivity contribution is 0.228. The van der Waals surface area contributed by atoms with E-state index in [9.17, 15) is 0 Å². The molecule has 0 saturated carbocycles. The molecule has 0 heterocycles. The first-order valence-electron chi connectivity index (χ1n) is 6.11. The van der Waals surface area contributed by atoms with Crippen molar-refractivity contribution >= 4 is 12.4 Å². The zero-order valence-corrected chi connectivity index (χ0v) is 11.7. The quantitative estimate of drug-likeness (QED) is 0.542. The van der Waals surface area contributed by atoms with Crippen molar-refractivity contribution < 1.29 is 14.9 Å². The molecule has 0 radical (unpaired) electrons. The third-order valence-corrected chi connectivity index (χ3v) is 2.67. The molecule has 0 aliphatic rings. The van der Waals surface area contributed by atoms with Crippen LogP contribution in [0.1, 0.15) is 12.0 Å². The summed E-state index contributed by atoms with van der Waals surface area (Å²) in [6, 6.07) is 7.05. The predicted molar refractivity (Wildman–Crippen MR) is 77.6 cm³/mol. The van der Waals surface area contributed by atoms with E-state index in [1.54, 1.807) is 0 Å². The molecule has 2 unspecified atom stereocenters. The van der Waals surface area contributed by atoms with Gasteiger partial charge in [0.2, 0.25) is 0 Å². The van der Waals surface area contributed by atoms with Crippen molar-refractivity contribution in [2.75, 3.05) is 19.8 Å². The van der Waals surface area contributed by atoms with Crippen LogP contribution in [0.5, 0.6) is 5.75 Å². The molecule has 2 atom stereocenters. The third kappa shape index (κ3) is 6.75. The van der Waals surface area contributed by atoms with Crippen molar-refractivity contribution in [1.29, 1.82) is 0 Å². The Bertz CT molecular complexity index is 352. The van der Waals surface area contributed by atoms with Gasteiger partial charge in [-0.05, 0) is 24.5 Å². The van der Waals surface area contributed by atoms with Gasteiger partial charge in [0.25, 0.3) is 0 Å². The number of halogens is 1. The monoisotopic (exact) mass is 290 g/mol. The van der Waals surface area contributed by atoms with Gasteiger partial charge in [-0.25, -0.2) is 0 Å². The molecule has 1 aromatic rings. The zero-order valence-electron chi connectivity index (χ0n) is 10.9. The van der Waals surface area contributed by atoms with Gasteiger partial charge < -0.3 is 26.4 Å². The van der Waals surface area contributed by atoms with E-state index in [0.717, 1.165) is 11.3 Å². The topological polar surface area (TPSA) is 102 Å². The van der Waals surface area contributed by atoms with E-state index in [-0.39, 0.29) is 37.7 Å². The van der Waals surface area contributed by atoms with Crippen molar-refractivity contribution in [3.8, 4) is 5.75 Å². The Kier molecular flexibility index (Phi) is 9.55. The lowest BCUT2D eigenvalue weighted by atomic mass is 10.1. The second-order valence-electron chi connectivity index (χ2n) is 4.33. The Labute approximate surface area is 120 Å². The SMILES string of the molecule is Cl.NC(CO)CCOc1ccccc1CC(N)CO. The molecule has 1 rings (SSSR count). The molecule has 0 spiro atoms. The van der Waals surface area contributed by atoms with Crippen LogP contribution in [-0.4, -0.2) is 42.1 Å². The largest absolute Gasteiger partial charge is 0.493 e. The lowest BCUT2D eigenvalue weighted by Crippen LogP contribution is -2.28. The van der Waals surface area contributed by atoms with E-state index in [0.29, 0.717) is 19.4 Å². The molecule has 6 N–H and O–H groups in total. The van der Waals surface area contributed by atoms with Gasteiger partial charge in [0.15, 0.2) is 0 Å². The van der Waals surface area contributed by atoms with Gasteiger partial charge >= 0.3 is 0 Å². The van der Waals surface area contributed by atoms with E-state index < -0.39 is 0 Å². The maximum absolute atomic E-state index is 8.96. The Morgan fingerprint density at radius 2 is 1.68 bits per heavy atom. The van der Waals surface area contributed by atoms with Gasteiger partial charge in [-0.15, -0.1) is 12.4 Å². The highest BCUT2D eigenvalue weighted by molar-refractivity contribution is 5.85. The summed E-state index contributed by atoms with van der Waals surface area (Å²) in [5.41, 5.74) is 12.3. The fraction of sp³-hybridized carbons (Fsp3) is 0.538.